The van der Waals surface area contributed by atoms with E-state index < -0.39 is 17.5 Å². The summed E-state index contributed by atoms with van der Waals surface area (Å²) in [4.78, 5) is 28.4. The highest BCUT2D eigenvalue weighted by Gasteiger charge is 2.27. The molecule has 0 radical (unpaired) electrons. The second-order valence-electron chi connectivity index (χ2n) is 7.99. The Kier molecular flexibility index (Phi) is 6.30. The van der Waals surface area contributed by atoms with Crippen LogP contribution in [0.4, 0.5) is 15.0 Å². The van der Waals surface area contributed by atoms with Crippen molar-refractivity contribution in [3.63, 3.8) is 0 Å². The van der Waals surface area contributed by atoms with Crippen LogP contribution >= 0.6 is 23.2 Å². The smallest absolute Gasteiger partial charge is 0.407 e. The van der Waals surface area contributed by atoms with Gasteiger partial charge in [-0.3, -0.25) is 0 Å². The number of fused-ring (bicyclic) bond motifs is 1. The predicted molar refractivity (Wildman–Crippen MR) is 110 cm³/mol. The van der Waals surface area contributed by atoms with Crippen molar-refractivity contribution in [2.45, 2.75) is 32.4 Å². The van der Waals surface area contributed by atoms with E-state index in [1.165, 1.54) is 6.20 Å². The number of alkyl carbamates (subject to hydrolysis) is 1. The number of rotatable bonds is 2. The highest BCUT2D eigenvalue weighted by atomic mass is 35.5. The SMILES string of the molecule is CN1CCN(c2nc(Cl)nc3c(F)c(Cl)ncc23)CC(NC(=O)OC(C)(C)C)C1. The van der Waals surface area contributed by atoms with E-state index in [1.54, 1.807) is 20.8 Å². The van der Waals surface area contributed by atoms with E-state index in [4.69, 9.17) is 27.9 Å². The number of amides is 1. The Balaban J connectivity index is 1.91. The summed E-state index contributed by atoms with van der Waals surface area (Å²) < 4.78 is 19.8. The number of ether oxygens (including phenoxy) is 1. The molecule has 8 nitrogen and oxygen atoms in total. The number of aromatic nitrogens is 3. The number of anilines is 1. The van der Waals surface area contributed by atoms with Crippen molar-refractivity contribution < 1.29 is 13.9 Å². The molecule has 158 valence electrons. The van der Waals surface area contributed by atoms with Crippen LogP contribution in [-0.2, 0) is 4.74 Å². The minimum Gasteiger partial charge on any atom is -0.444 e. The molecule has 1 N–H and O–H groups in total. The van der Waals surface area contributed by atoms with Gasteiger partial charge in [-0.15, -0.1) is 0 Å². The number of carbonyl (C=O) groups is 1. The van der Waals surface area contributed by atoms with Crippen LogP contribution in [-0.4, -0.2) is 70.8 Å². The number of pyridine rings is 1. The second kappa shape index (κ2) is 8.41. The van der Waals surface area contributed by atoms with Crippen LogP contribution in [0, 0.1) is 5.82 Å². The fourth-order valence-electron chi connectivity index (χ4n) is 3.17. The highest BCUT2D eigenvalue weighted by Crippen LogP contribution is 2.29. The molecule has 1 unspecified atom stereocenters. The normalized spacial score (nSPS) is 18.6. The Morgan fingerprint density at radius 3 is 2.69 bits per heavy atom. The average Bonchev–Trinajstić information content (AvgIpc) is 2.77. The zero-order valence-electron chi connectivity index (χ0n) is 16.7. The Hall–Kier alpha value is -1.97. The number of carbonyl (C=O) groups excluding carboxylic acids is 1. The fourth-order valence-corrected chi connectivity index (χ4v) is 3.47. The van der Waals surface area contributed by atoms with Gasteiger partial charge in [0.05, 0.1) is 11.4 Å². The summed E-state index contributed by atoms with van der Waals surface area (Å²) in [5.74, 6) is -0.306. The van der Waals surface area contributed by atoms with Gasteiger partial charge in [0.15, 0.2) is 11.0 Å². The second-order valence-corrected chi connectivity index (χ2v) is 8.69. The predicted octanol–water partition coefficient (Wildman–Crippen LogP) is 3.12. The van der Waals surface area contributed by atoms with Crippen LogP contribution in [0.15, 0.2) is 6.20 Å². The Bertz CT molecular complexity index is 923. The number of nitrogens with zero attached hydrogens (tertiary/aromatic N) is 5. The van der Waals surface area contributed by atoms with Gasteiger partial charge in [-0.25, -0.2) is 19.2 Å². The monoisotopic (exact) mass is 444 g/mol. The van der Waals surface area contributed by atoms with Gasteiger partial charge < -0.3 is 19.9 Å². The van der Waals surface area contributed by atoms with E-state index in [2.05, 4.69) is 25.2 Å². The standard InChI is InChI=1S/C18H23Cl2FN6O2/c1-18(2,3)29-17(28)23-10-8-26(4)5-6-27(9-10)15-11-7-22-14(19)12(21)13(11)24-16(20)25-15/h7,10H,5-6,8-9H2,1-4H3,(H,23,28). The number of hydrogen-bond acceptors (Lipinski definition) is 7. The van der Waals surface area contributed by atoms with Crippen LogP contribution in [0.1, 0.15) is 20.8 Å². The van der Waals surface area contributed by atoms with Gasteiger partial charge >= 0.3 is 6.09 Å². The van der Waals surface area contributed by atoms with Crippen LogP contribution in [0.2, 0.25) is 10.4 Å². The molecule has 1 amide bonds. The quantitative estimate of drug-likeness (QED) is 0.562. The minimum absolute atomic E-state index is 0.00857. The number of halogens is 3. The molecule has 3 rings (SSSR count). The first-order chi connectivity index (χ1) is 13.5. The molecule has 0 saturated carbocycles. The van der Waals surface area contributed by atoms with Gasteiger partial charge in [0.2, 0.25) is 5.28 Å². The molecule has 0 aliphatic carbocycles. The summed E-state index contributed by atoms with van der Waals surface area (Å²) in [6, 6.07) is -0.244. The maximum Gasteiger partial charge on any atom is 0.407 e. The molecule has 2 aromatic rings. The van der Waals surface area contributed by atoms with Gasteiger partial charge in [-0.05, 0) is 39.4 Å². The van der Waals surface area contributed by atoms with Crippen LogP contribution in [0.3, 0.4) is 0 Å². The molecule has 0 spiro atoms. The molecule has 3 heterocycles. The van der Waals surface area contributed by atoms with E-state index >= 15 is 0 Å². The fraction of sp³-hybridized carbons (Fsp3) is 0.556. The largest absolute Gasteiger partial charge is 0.444 e. The van der Waals surface area contributed by atoms with Crippen molar-refractivity contribution in [3.8, 4) is 0 Å². The lowest BCUT2D eigenvalue weighted by Crippen LogP contribution is -2.48. The lowest BCUT2D eigenvalue weighted by atomic mass is 10.2. The van der Waals surface area contributed by atoms with Crippen molar-refractivity contribution in [3.05, 3.63) is 22.5 Å². The molecule has 1 aliphatic rings. The summed E-state index contributed by atoms with van der Waals surface area (Å²) in [5.41, 5.74) is -0.589. The summed E-state index contributed by atoms with van der Waals surface area (Å²) in [7, 11) is 1.96. The summed E-state index contributed by atoms with van der Waals surface area (Å²) in [6.45, 7) is 7.76. The lowest BCUT2D eigenvalue weighted by Gasteiger charge is -2.27. The zero-order chi connectivity index (χ0) is 21.3. The summed E-state index contributed by atoms with van der Waals surface area (Å²) in [6.07, 6.45) is 0.931. The topological polar surface area (TPSA) is 83.5 Å². The third kappa shape index (κ3) is 5.34. The van der Waals surface area contributed by atoms with Crippen LogP contribution in [0.5, 0.6) is 0 Å². The maximum atomic E-state index is 14.4. The Morgan fingerprint density at radius 1 is 1.28 bits per heavy atom. The molecule has 1 fully saturated rings. The van der Waals surface area contributed by atoms with Crippen molar-refractivity contribution in [1.29, 1.82) is 0 Å². The first-order valence-corrected chi connectivity index (χ1v) is 9.89. The molecular weight excluding hydrogens is 422 g/mol. The Labute approximate surface area is 178 Å². The average molecular weight is 445 g/mol. The van der Waals surface area contributed by atoms with Gasteiger partial charge in [-0.2, -0.15) is 4.98 Å². The minimum atomic E-state index is -0.745. The van der Waals surface area contributed by atoms with Gasteiger partial charge in [-0.1, -0.05) is 11.6 Å². The maximum absolute atomic E-state index is 14.4. The molecule has 2 aromatic heterocycles. The van der Waals surface area contributed by atoms with Crippen molar-refractivity contribution in [2.75, 3.05) is 38.1 Å². The van der Waals surface area contributed by atoms with E-state index in [0.717, 1.165) is 0 Å². The first-order valence-electron chi connectivity index (χ1n) is 9.14. The summed E-state index contributed by atoms with van der Waals surface area (Å²) >= 11 is 11.8. The molecule has 1 aliphatic heterocycles. The number of hydrogen-bond donors (Lipinski definition) is 1. The zero-order valence-corrected chi connectivity index (χ0v) is 18.2. The van der Waals surface area contributed by atoms with Crippen molar-refractivity contribution in [1.82, 2.24) is 25.2 Å². The first kappa shape index (κ1) is 21.7. The van der Waals surface area contributed by atoms with Crippen molar-refractivity contribution >= 4 is 46.0 Å². The molecule has 0 bridgehead atoms. The summed E-state index contributed by atoms with van der Waals surface area (Å²) in [5, 5.41) is 2.92. The van der Waals surface area contributed by atoms with Gasteiger partial charge in [0, 0.05) is 32.4 Å². The van der Waals surface area contributed by atoms with E-state index in [-0.39, 0.29) is 22.0 Å². The van der Waals surface area contributed by atoms with E-state index in [0.29, 0.717) is 37.4 Å². The molecule has 29 heavy (non-hydrogen) atoms. The van der Waals surface area contributed by atoms with Crippen molar-refractivity contribution in [2.24, 2.45) is 0 Å². The molecule has 0 aromatic carbocycles. The third-order valence-electron chi connectivity index (χ3n) is 4.34. The van der Waals surface area contributed by atoms with Crippen LogP contribution in [0.25, 0.3) is 10.9 Å². The molecular formula is C18H23Cl2FN6O2. The number of nitrogens with one attached hydrogen (secondary N) is 1. The Morgan fingerprint density at radius 2 is 2.00 bits per heavy atom. The van der Waals surface area contributed by atoms with E-state index in [9.17, 15) is 9.18 Å². The lowest BCUT2D eigenvalue weighted by molar-refractivity contribution is 0.0500. The van der Waals surface area contributed by atoms with Crippen LogP contribution < -0.4 is 10.2 Å². The van der Waals surface area contributed by atoms with Gasteiger partial charge in [0.1, 0.15) is 16.9 Å². The number of likely N-dealkylation sites (N-methyl/N-ethyl adjacent to an activating group) is 1. The molecule has 1 atom stereocenters. The van der Waals surface area contributed by atoms with Gasteiger partial charge in [0.25, 0.3) is 0 Å². The molecule has 1 saturated heterocycles. The third-order valence-corrected chi connectivity index (χ3v) is 4.77. The highest BCUT2D eigenvalue weighted by molar-refractivity contribution is 6.30. The van der Waals surface area contributed by atoms with E-state index in [1.807, 2.05) is 11.9 Å². The molecule has 11 heteroatoms.